The van der Waals surface area contributed by atoms with Gasteiger partial charge in [-0.3, -0.25) is 14.5 Å². The number of hydrogen-bond acceptors (Lipinski definition) is 3. The van der Waals surface area contributed by atoms with E-state index in [2.05, 4.69) is 11.8 Å². The number of carboxylic acid groups (broad SMARTS) is 1. The van der Waals surface area contributed by atoms with Gasteiger partial charge in [-0.2, -0.15) is 0 Å². The molecule has 0 radical (unpaired) electrons. The molecule has 104 valence electrons. The first-order valence-electron chi connectivity index (χ1n) is 6.91. The van der Waals surface area contributed by atoms with Gasteiger partial charge < -0.3 is 5.11 Å². The lowest BCUT2D eigenvalue weighted by molar-refractivity contribution is -0.138. The monoisotopic (exact) mass is 255 g/mol. The maximum atomic E-state index is 11.6. The van der Waals surface area contributed by atoms with Crippen LogP contribution >= 0.6 is 0 Å². The maximum absolute atomic E-state index is 11.6. The van der Waals surface area contributed by atoms with Gasteiger partial charge in [0.2, 0.25) is 0 Å². The Labute approximate surface area is 109 Å². The van der Waals surface area contributed by atoms with E-state index in [9.17, 15) is 9.59 Å². The molecular weight excluding hydrogens is 230 g/mol. The molecule has 1 fully saturated rings. The summed E-state index contributed by atoms with van der Waals surface area (Å²) in [7, 11) is 0. The van der Waals surface area contributed by atoms with Crippen LogP contribution in [0.2, 0.25) is 0 Å². The number of hydrogen-bond donors (Lipinski definition) is 1. The summed E-state index contributed by atoms with van der Waals surface area (Å²) in [6, 6.07) is 0.187. The summed E-state index contributed by atoms with van der Waals surface area (Å²) in [5, 5.41) is 8.84. The van der Waals surface area contributed by atoms with Crippen LogP contribution in [0.3, 0.4) is 0 Å². The van der Waals surface area contributed by atoms with Crippen LogP contribution in [0.1, 0.15) is 52.9 Å². The molecule has 0 aromatic carbocycles. The lowest BCUT2D eigenvalue weighted by Crippen LogP contribution is -2.49. The van der Waals surface area contributed by atoms with Gasteiger partial charge in [0.25, 0.3) is 0 Å². The molecule has 0 saturated heterocycles. The number of aliphatic carboxylic acids is 1. The average Bonchev–Trinajstić information content (AvgIpc) is 2.30. The average molecular weight is 255 g/mol. The van der Waals surface area contributed by atoms with Crippen LogP contribution in [-0.4, -0.2) is 40.4 Å². The highest BCUT2D eigenvalue weighted by Crippen LogP contribution is 2.29. The number of Topliss-reactive ketones (excluding diaryl/α,β-unsaturated/α-hetero) is 1. The first-order valence-corrected chi connectivity index (χ1v) is 6.91. The fraction of sp³-hybridized carbons (Fsp3) is 0.857. The Balaban J connectivity index is 2.74. The summed E-state index contributed by atoms with van der Waals surface area (Å²) in [4.78, 5) is 24.5. The van der Waals surface area contributed by atoms with Gasteiger partial charge in [0, 0.05) is 12.6 Å². The van der Waals surface area contributed by atoms with Gasteiger partial charge in [-0.15, -0.1) is 0 Å². The summed E-state index contributed by atoms with van der Waals surface area (Å²) < 4.78 is 0. The van der Waals surface area contributed by atoms with Gasteiger partial charge in [0.15, 0.2) is 0 Å². The Morgan fingerprint density at radius 2 is 1.94 bits per heavy atom. The van der Waals surface area contributed by atoms with E-state index in [1.165, 1.54) is 19.3 Å². The van der Waals surface area contributed by atoms with Crippen LogP contribution in [0.15, 0.2) is 0 Å². The van der Waals surface area contributed by atoms with Crippen LogP contribution in [0.4, 0.5) is 0 Å². The standard InChI is InChI=1S/C14H25NO3/c1-10-6-4-5-7-13(10)15(9-8-14(17)18)11(2)12(3)16/h10-11,13H,4-9H2,1-3H3,(H,17,18). The lowest BCUT2D eigenvalue weighted by Gasteiger charge is -2.41. The van der Waals surface area contributed by atoms with Crippen LogP contribution in [0.25, 0.3) is 0 Å². The highest BCUT2D eigenvalue weighted by Gasteiger charge is 2.31. The molecule has 3 unspecified atom stereocenters. The molecule has 0 bridgehead atoms. The zero-order chi connectivity index (χ0) is 13.7. The van der Waals surface area contributed by atoms with Crippen molar-refractivity contribution in [3.8, 4) is 0 Å². The third-order valence-electron chi connectivity index (χ3n) is 4.16. The molecule has 0 aliphatic heterocycles. The van der Waals surface area contributed by atoms with Crippen molar-refractivity contribution >= 4 is 11.8 Å². The van der Waals surface area contributed by atoms with E-state index >= 15 is 0 Å². The minimum absolute atomic E-state index is 0.112. The zero-order valence-electron chi connectivity index (χ0n) is 11.7. The first kappa shape index (κ1) is 15.2. The van der Waals surface area contributed by atoms with Gasteiger partial charge in [-0.25, -0.2) is 0 Å². The molecule has 1 aliphatic carbocycles. The Bertz CT molecular complexity index is 303. The fourth-order valence-electron chi connectivity index (χ4n) is 2.89. The molecule has 18 heavy (non-hydrogen) atoms. The van der Waals surface area contributed by atoms with Gasteiger partial charge in [0.05, 0.1) is 12.5 Å². The van der Waals surface area contributed by atoms with E-state index in [-0.39, 0.29) is 18.2 Å². The molecule has 3 atom stereocenters. The molecule has 4 heteroatoms. The quantitative estimate of drug-likeness (QED) is 0.791. The van der Waals surface area contributed by atoms with Crippen molar-refractivity contribution in [3.63, 3.8) is 0 Å². The summed E-state index contributed by atoms with van der Waals surface area (Å²) in [6.07, 6.45) is 4.81. The molecule has 0 aromatic heterocycles. The van der Waals surface area contributed by atoms with E-state index in [1.807, 2.05) is 6.92 Å². The zero-order valence-corrected chi connectivity index (χ0v) is 11.7. The third-order valence-corrected chi connectivity index (χ3v) is 4.16. The molecule has 1 aliphatic rings. The molecular formula is C14H25NO3. The van der Waals surface area contributed by atoms with Gasteiger partial charge in [0.1, 0.15) is 5.78 Å². The van der Waals surface area contributed by atoms with Crippen molar-refractivity contribution < 1.29 is 14.7 Å². The van der Waals surface area contributed by atoms with Crippen LogP contribution < -0.4 is 0 Å². The molecule has 1 saturated carbocycles. The Hall–Kier alpha value is -0.900. The van der Waals surface area contributed by atoms with Gasteiger partial charge in [-0.1, -0.05) is 19.8 Å². The first-order chi connectivity index (χ1) is 8.43. The molecule has 0 heterocycles. The highest BCUT2D eigenvalue weighted by atomic mass is 16.4. The summed E-state index contributed by atoms with van der Waals surface area (Å²) >= 11 is 0. The maximum Gasteiger partial charge on any atom is 0.304 e. The molecule has 1 rings (SSSR count). The highest BCUT2D eigenvalue weighted by molar-refractivity contribution is 5.81. The van der Waals surface area contributed by atoms with E-state index < -0.39 is 5.97 Å². The minimum Gasteiger partial charge on any atom is -0.481 e. The molecule has 0 aromatic rings. The second kappa shape index (κ2) is 6.88. The van der Waals surface area contributed by atoms with Crippen molar-refractivity contribution in [2.45, 2.75) is 65.0 Å². The predicted octanol–water partition coefficient (Wildman–Crippen LogP) is 2.32. The van der Waals surface area contributed by atoms with Gasteiger partial charge in [-0.05, 0) is 32.6 Å². The van der Waals surface area contributed by atoms with Crippen LogP contribution in [0, 0.1) is 5.92 Å². The smallest absolute Gasteiger partial charge is 0.304 e. The van der Waals surface area contributed by atoms with Crippen molar-refractivity contribution in [2.24, 2.45) is 5.92 Å². The topological polar surface area (TPSA) is 57.6 Å². The number of ketones is 1. The van der Waals surface area contributed by atoms with Gasteiger partial charge >= 0.3 is 5.97 Å². The van der Waals surface area contributed by atoms with Crippen molar-refractivity contribution in [2.75, 3.05) is 6.54 Å². The second-order valence-corrected chi connectivity index (χ2v) is 5.50. The van der Waals surface area contributed by atoms with E-state index in [0.29, 0.717) is 18.5 Å². The normalized spacial score (nSPS) is 26.0. The number of carbonyl (C=O) groups is 2. The number of nitrogens with zero attached hydrogens (tertiary/aromatic N) is 1. The second-order valence-electron chi connectivity index (χ2n) is 5.50. The molecule has 1 N–H and O–H groups in total. The molecule has 0 amide bonds. The number of carbonyl (C=O) groups excluding carboxylic acids is 1. The minimum atomic E-state index is -0.792. The Kier molecular flexibility index (Phi) is 5.79. The van der Waals surface area contributed by atoms with E-state index in [0.717, 1.165) is 6.42 Å². The largest absolute Gasteiger partial charge is 0.481 e. The van der Waals surface area contributed by atoms with E-state index in [4.69, 9.17) is 5.11 Å². The molecule has 4 nitrogen and oxygen atoms in total. The number of carboxylic acids is 1. The van der Waals surface area contributed by atoms with Crippen molar-refractivity contribution in [1.82, 2.24) is 4.90 Å². The third kappa shape index (κ3) is 4.09. The van der Waals surface area contributed by atoms with Crippen molar-refractivity contribution in [3.05, 3.63) is 0 Å². The summed E-state index contributed by atoms with van der Waals surface area (Å²) in [6.45, 7) is 6.17. The fourth-order valence-corrected chi connectivity index (χ4v) is 2.89. The summed E-state index contributed by atoms with van der Waals surface area (Å²) in [5.41, 5.74) is 0. The predicted molar refractivity (Wildman–Crippen MR) is 70.5 cm³/mol. The lowest BCUT2D eigenvalue weighted by atomic mass is 9.84. The summed E-state index contributed by atoms with van der Waals surface area (Å²) in [5.74, 6) is -0.119. The van der Waals surface area contributed by atoms with Crippen LogP contribution in [0.5, 0.6) is 0 Å². The van der Waals surface area contributed by atoms with E-state index in [1.54, 1.807) is 6.92 Å². The van der Waals surface area contributed by atoms with Crippen LogP contribution in [-0.2, 0) is 9.59 Å². The Morgan fingerprint density at radius 1 is 1.33 bits per heavy atom. The molecule has 0 spiro atoms. The van der Waals surface area contributed by atoms with Crippen molar-refractivity contribution in [1.29, 1.82) is 0 Å². The Morgan fingerprint density at radius 3 is 2.44 bits per heavy atom. The SMILES string of the molecule is CC(=O)C(C)N(CCC(=O)O)C1CCCCC1C. The number of rotatable bonds is 6.